The van der Waals surface area contributed by atoms with Crippen LogP contribution in [0.15, 0.2) is 29.1 Å². The van der Waals surface area contributed by atoms with E-state index in [-0.39, 0.29) is 53.5 Å². The number of nitrogens with zero attached hydrogens (tertiary/aromatic N) is 4. The Balaban J connectivity index is 1.76. The maximum absolute atomic E-state index is 13.6. The van der Waals surface area contributed by atoms with E-state index >= 15 is 0 Å². The quantitative estimate of drug-likeness (QED) is 0.477. The molecule has 10 nitrogen and oxygen atoms in total. The molecule has 3 heterocycles. The summed E-state index contributed by atoms with van der Waals surface area (Å²) in [6.07, 6.45) is 0.308. The monoisotopic (exact) mass is 517 g/mol. The Morgan fingerprint density at radius 1 is 1.20 bits per heavy atom. The molecular formula is C23H25Cl2N7O3. The van der Waals surface area contributed by atoms with Gasteiger partial charge in [-0.2, -0.15) is 5.10 Å². The summed E-state index contributed by atoms with van der Waals surface area (Å²) < 4.78 is 1.35. The van der Waals surface area contributed by atoms with Gasteiger partial charge in [0.05, 0.1) is 22.3 Å². The smallest absolute Gasteiger partial charge is 0.269 e. The van der Waals surface area contributed by atoms with E-state index in [9.17, 15) is 14.4 Å². The number of carbonyl (C=O) groups is 2. The Hall–Kier alpha value is -3.37. The van der Waals surface area contributed by atoms with Gasteiger partial charge >= 0.3 is 0 Å². The van der Waals surface area contributed by atoms with Gasteiger partial charge in [0.15, 0.2) is 5.82 Å². The molecule has 0 unspecified atom stereocenters. The number of aromatic nitrogens is 4. The summed E-state index contributed by atoms with van der Waals surface area (Å²) in [5.74, 6) is -0.0658. The second-order valence-corrected chi connectivity index (χ2v) is 9.45. The lowest BCUT2D eigenvalue weighted by Crippen LogP contribution is -2.46. The van der Waals surface area contributed by atoms with Crippen LogP contribution in [0.1, 0.15) is 52.9 Å². The number of halogens is 2. The first kappa shape index (κ1) is 24.7. The zero-order chi connectivity index (χ0) is 25.4. The minimum Gasteiger partial charge on any atom is -0.354 e. The first-order chi connectivity index (χ1) is 16.6. The van der Waals surface area contributed by atoms with E-state index in [1.165, 1.54) is 23.7 Å². The van der Waals surface area contributed by atoms with Crippen LogP contribution in [0, 0.1) is 0 Å². The van der Waals surface area contributed by atoms with Gasteiger partial charge in [0, 0.05) is 36.3 Å². The highest BCUT2D eigenvalue weighted by Gasteiger charge is 2.32. The maximum atomic E-state index is 13.6. The van der Waals surface area contributed by atoms with Gasteiger partial charge in [-0.25, -0.2) is 9.55 Å². The number of aromatic amines is 1. The van der Waals surface area contributed by atoms with E-state index in [2.05, 4.69) is 20.8 Å². The molecule has 4 rings (SSSR count). The van der Waals surface area contributed by atoms with Crippen LogP contribution in [0.25, 0.3) is 5.82 Å². The molecule has 0 radical (unpaired) electrons. The lowest BCUT2D eigenvalue weighted by molar-refractivity contribution is 0.0653. The zero-order valence-corrected chi connectivity index (χ0v) is 21.2. The van der Waals surface area contributed by atoms with Crippen LogP contribution < -0.4 is 16.2 Å². The van der Waals surface area contributed by atoms with Crippen LogP contribution >= 0.6 is 23.2 Å². The molecule has 1 aliphatic rings. The van der Waals surface area contributed by atoms with Crippen molar-refractivity contribution in [3.63, 3.8) is 0 Å². The Bertz CT molecular complexity index is 1370. The lowest BCUT2D eigenvalue weighted by Gasteiger charge is -2.34. The second-order valence-electron chi connectivity index (χ2n) is 8.63. The largest absolute Gasteiger partial charge is 0.354 e. The van der Waals surface area contributed by atoms with Crippen LogP contribution in [0.3, 0.4) is 0 Å². The first-order valence-electron chi connectivity index (χ1n) is 11.1. The van der Waals surface area contributed by atoms with E-state index in [4.69, 9.17) is 28.2 Å². The van der Waals surface area contributed by atoms with Crippen LogP contribution in [-0.4, -0.2) is 55.6 Å². The Morgan fingerprint density at radius 2 is 1.94 bits per heavy atom. The van der Waals surface area contributed by atoms with Crippen molar-refractivity contribution < 1.29 is 9.59 Å². The average Bonchev–Trinajstić information content (AvgIpc) is 3.29. The van der Waals surface area contributed by atoms with E-state index in [0.717, 1.165) is 0 Å². The normalized spacial score (nSPS) is 15.2. The van der Waals surface area contributed by atoms with E-state index in [1.807, 2.05) is 20.8 Å². The number of carbonyl (C=O) groups excluding carboxylic acids is 2. The Morgan fingerprint density at radius 3 is 2.60 bits per heavy atom. The third kappa shape index (κ3) is 4.76. The summed E-state index contributed by atoms with van der Waals surface area (Å²) in [5.41, 5.74) is 1.32. The molecule has 2 aromatic heterocycles. The molecule has 184 valence electrons. The average molecular weight is 518 g/mol. The van der Waals surface area contributed by atoms with Gasteiger partial charge in [-0.05, 0) is 45.4 Å². The molecule has 1 aromatic carbocycles. The first-order valence-corrected chi connectivity index (χ1v) is 11.8. The van der Waals surface area contributed by atoms with E-state index < -0.39 is 0 Å². The predicted octanol–water partition coefficient (Wildman–Crippen LogP) is 3.03. The SMILES string of the molecule is CNC(=O)c1cc(-n2c(NC(C)C)nc3c(c2=O)C[C@@H](C)N(C(=O)c2ccc(Cl)c(Cl)c2)C3)n[nH]1. The van der Waals surface area contributed by atoms with Crippen molar-refractivity contribution in [1.29, 1.82) is 0 Å². The summed E-state index contributed by atoms with van der Waals surface area (Å²) in [6, 6.07) is 5.92. The van der Waals surface area contributed by atoms with Gasteiger partial charge in [0.2, 0.25) is 5.95 Å². The number of hydrogen-bond acceptors (Lipinski definition) is 6. The zero-order valence-electron chi connectivity index (χ0n) is 19.6. The topological polar surface area (TPSA) is 125 Å². The highest BCUT2D eigenvalue weighted by Crippen LogP contribution is 2.27. The van der Waals surface area contributed by atoms with Crippen molar-refractivity contribution in [2.75, 3.05) is 12.4 Å². The van der Waals surface area contributed by atoms with Gasteiger partial charge in [-0.15, -0.1) is 0 Å². The van der Waals surface area contributed by atoms with E-state index in [1.54, 1.807) is 17.0 Å². The van der Waals surface area contributed by atoms with Crippen molar-refractivity contribution in [1.82, 2.24) is 30.0 Å². The third-order valence-corrected chi connectivity index (χ3v) is 6.46. The Kier molecular flexibility index (Phi) is 6.86. The molecule has 0 saturated carbocycles. The number of fused-ring (bicyclic) bond motifs is 1. The standard InChI is InChI=1S/C23H25Cl2N7O3/c1-11(2)27-23-28-18-10-31(21(34)13-5-6-15(24)16(25)8-13)12(3)7-14(18)22(35)32(23)19-9-17(29-30-19)20(33)26-4/h5-6,8-9,11-12H,7,10H2,1-4H3,(H,26,33)(H,27,28)(H,29,30)/t12-/m1/s1. The summed E-state index contributed by atoms with van der Waals surface area (Å²) in [4.78, 5) is 45.3. The van der Waals surface area contributed by atoms with Crippen molar-refractivity contribution in [3.05, 3.63) is 67.2 Å². The molecular weight excluding hydrogens is 493 g/mol. The number of rotatable bonds is 5. The van der Waals surface area contributed by atoms with Crippen molar-refractivity contribution in [3.8, 4) is 5.82 Å². The minimum absolute atomic E-state index is 0.0417. The molecule has 35 heavy (non-hydrogen) atoms. The second kappa shape index (κ2) is 9.71. The van der Waals surface area contributed by atoms with Crippen LogP contribution in [0.2, 0.25) is 10.0 Å². The summed E-state index contributed by atoms with van der Waals surface area (Å²) >= 11 is 12.1. The Labute approximate surface area is 211 Å². The number of hydrogen-bond donors (Lipinski definition) is 3. The van der Waals surface area contributed by atoms with Gasteiger partial charge in [0.1, 0.15) is 5.69 Å². The summed E-state index contributed by atoms with van der Waals surface area (Å²) in [5, 5.41) is 13.2. The molecule has 0 spiro atoms. The summed E-state index contributed by atoms with van der Waals surface area (Å²) in [6.45, 7) is 5.86. The fraction of sp³-hybridized carbons (Fsp3) is 0.348. The highest BCUT2D eigenvalue weighted by atomic mass is 35.5. The van der Waals surface area contributed by atoms with Gasteiger partial charge in [-0.3, -0.25) is 19.5 Å². The fourth-order valence-electron chi connectivity index (χ4n) is 3.97. The van der Waals surface area contributed by atoms with Crippen molar-refractivity contribution in [2.24, 2.45) is 0 Å². The molecule has 1 aliphatic heterocycles. The van der Waals surface area contributed by atoms with Gasteiger partial charge in [-0.1, -0.05) is 23.2 Å². The molecule has 0 fully saturated rings. The van der Waals surface area contributed by atoms with Crippen molar-refractivity contribution >= 4 is 41.0 Å². The number of benzene rings is 1. The molecule has 0 aliphatic carbocycles. The third-order valence-electron chi connectivity index (χ3n) is 5.72. The van der Waals surface area contributed by atoms with Crippen LogP contribution in [0.5, 0.6) is 0 Å². The van der Waals surface area contributed by atoms with Crippen LogP contribution in [0.4, 0.5) is 5.95 Å². The number of nitrogens with one attached hydrogen (secondary N) is 3. The summed E-state index contributed by atoms with van der Waals surface area (Å²) in [7, 11) is 1.51. The molecule has 0 saturated heterocycles. The predicted molar refractivity (Wildman–Crippen MR) is 134 cm³/mol. The van der Waals surface area contributed by atoms with Crippen LogP contribution in [-0.2, 0) is 13.0 Å². The molecule has 2 amide bonds. The number of amides is 2. The lowest BCUT2D eigenvalue weighted by atomic mass is 9.98. The fourth-order valence-corrected chi connectivity index (χ4v) is 4.27. The number of H-pyrrole nitrogens is 1. The highest BCUT2D eigenvalue weighted by molar-refractivity contribution is 6.42. The minimum atomic E-state index is -0.355. The molecule has 1 atom stereocenters. The van der Waals surface area contributed by atoms with Crippen molar-refractivity contribution in [2.45, 2.75) is 45.8 Å². The molecule has 12 heteroatoms. The van der Waals surface area contributed by atoms with E-state index in [0.29, 0.717) is 33.3 Å². The molecule has 3 aromatic rings. The maximum Gasteiger partial charge on any atom is 0.269 e. The number of anilines is 1. The molecule has 0 bridgehead atoms. The molecule has 3 N–H and O–H groups in total. The van der Waals surface area contributed by atoms with Gasteiger partial charge in [0.25, 0.3) is 17.4 Å². The van der Waals surface area contributed by atoms with Gasteiger partial charge < -0.3 is 15.5 Å².